The smallest absolute Gasteiger partial charge is 0.253 e. The van der Waals surface area contributed by atoms with E-state index in [9.17, 15) is 4.79 Å². The molecule has 1 aromatic heterocycles. The highest BCUT2D eigenvalue weighted by Gasteiger charge is 2.23. The van der Waals surface area contributed by atoms with E-state index in [1.54, 1.807) is 24.5 Å². The van der Waals surface area contributed by atoms with Crippen LogP contribution in [0.2, 0.25) is 0 Å². The van der Waals surface area contributed by atoms with Gasteiger partial charge in [-0.2, -0.15) is 0 Å². The van der Waals surface area contributed by atoms with Gasteiger partial charge in [0.25, 0.3) is 5.91 Å². The predicted octanol–water partition coefficient (Wildman–Crippen LogP) is 1.28. The van der Waals surface area contributed by atoms with E-state index in [2.05, 4.69) is 4.98 Å². The zero-order valence-corrected chi connectivity index (χ0v) is 10.0. The highest BCUT2D eigenvalue weighted by Crippen LogP contribution is 2.20. The maximum atomic E-state index is 12.2. The third kappa shape index (κ3) is 3.03. The Morgan fingerprint density at radius 3 is 2.94 bits per heavy atom. The van der Waals surface area contributed by atoms with Crippen LogP contribution >= 0.6 is 0 Å². The van der Waals surface area contributed by atoms with Crippen LogP contribution in [0.1, 0.15) is 29.6 Å². The van der Waals surface area contributed by atoms with Crippen LogP contribution in [-0.2, 0) is 0 Å². The Bertz CT molecular complexity index is 364. The van der Waals surface area contributed by atoms with Gasteiger partial charge in [-0.25, -0.2) is 0 Å². The Morgan fingerprint density at radius 2 is 2.24 bits per heavy atom. The summed E-state index contributed by atoms with van der Waals surface area (Å²) < 4.78 is 0. The SMILES string of the molecule is NCCC1CCCN(C(=O)c2ccncc2)C1. The number of rotatable bonds is 3. The van der Waals surface area contributed by atoms with Crippen LogP contribution in [0.15, 0.2) is 24.5 Å². The molecular formula is C13H19N3O. The van der Waals surface area contributed by atoms with E-state index < -0.39 is 0 Å². The lowest BCUT2D eigenvalue weighted by Crippen LogP contribution is -2.40. The Kier molecular flexibility index (Phi) is 4.09. The number of hydrogen-bond donors (Lipinski definition) is 1. The number of hydrogen-bond acceptors (Lipinski definition) is 3. The van der Waals surface area contributed by atoms with Crippen LogP contribution in [0.3, 0.4) is 0 Å². The first-order chi connectivity index (χ1) is 8.31. The van der Waals surface area contributed by atoms with Crippen LogP contribution < -0.4 is 5.73 Å². The van der Waals surface area contributed by atoms with Crippen molar-refractivity contribution < 1.29 is 4.79 Å². The lowest BCUT2D eigenvalue weighted by atomic mass is 9.94. The molecule has 1 fully saturated rings. The molecule has 92 valence electrons. The molecule has 2 heterocycles. The van der Waals surface area contributed by atoms with E-state index in [0.717, 1.165) is 31.5 Å². The van der Waals surface area contributed by atoms with Crippen LogP contribution in [0.5, 0.6) is 0 Å². The molecule has 0 saturated carbocycles. The minimum Gasteiger partial charge on any atom is -0.338 e. The summed E-state index contributed by atoms with van der Waals surface area (Å²) in [6, 6.07) is 3.55. The van der Waals surface area contributed by atoms with Crippen LogP contribution in [0.4, 0.5) is 0 Å². The topological polar surface area (TPSA) is 59.2 Å². The summed E-state index contributed by atoms with van der Waals surface area (Å²) in [4.78, 5) is 18.1. The molecule has 0 bridgehead atoms. The molecule has 1 saturated heterocycles. The average molecular weight is 233 g/mol. The van der Waals surface area contributed by atoms with Gasteiger partial charge in [0.05, 0.1) is 0 Å². The number of carbonyl (C=O) groups is 1. The summed E-state index contributed by atoms with van der Waals surface area (Å²) in [5.41, 5.74) is 6.31. The molecular weight excluding hydrogens is 214 g/mol. The molecule has 2 rings (SSSR count). The lowest BCUT2D eigenvalue weighted by Gasteiger charge is -2.32. The molecule has 1 aliphatic heterocycles. The van der Waals surface area contributed by atoms with Gasteiger partial charge in [-0.1, -0.05) is 0 Å². The fraction of sp³-hybridized carbons (Fsp3) is 0.538. The van der Waals surface area contributed by atoms with Gasteiger partial charge in [0.15, 0.2) is 0 Å². The number of pyridine rings is 1. The third-order valence-electron chi connectivity index (χ3n) is 3.31. The molecule has 1 aromatic rings. The van der Waals surface area contributed by atoms with Gasteiger partial charge in [0.2, 0.25) is 0 Å². The fourth-order valence-electron chi connectivity index (χ4n) is 2.40. The quantitative estimate of drug-likeness (QED) is 0.855. The van der Waals surface area contributed by atoms with Crippen molar-refractivity contribution in [3.63, 3.8) is 0 Å². The molecule has 0 spiro atoms. The molecule has 1 aliphatic rings. The van der Waals surface area contributed by atoms with E-state index in [1.807, 2.05) is 4.90 Å². The Labute approximate surface area is 102 Å². The largest absolute Gasteiger partial charge is 0.338 e. The van der Waals surface area contributed by atoms with Gasteiger partial charge in [-0.05, 0) is 43.9 Å². The van der Waals surface area contributed by atoms with Crippen LogP contribution in [0, 0.1) is 5.92 Å². The molecule has 1 amide bonds. The van der Waals surface area contributed by atoms with E-state index in [4.69, 9.17) is 5.73 Å². The minimum atomic E-state index is 0.120. The van der Waals surface area contributed by atoms with Crippen molar-refractivity contribution in [2.45, 2.75) is 19.3 Å². The molecule has 1 unspecified atom stereocenters. The first-order valence-electron chi connectivity index (χ1n) is 6.20. The molecule has 0 aromatic carbocycles. The number of likely N-dealkylation sites (tertiary alicyclic amines) is 1. The van der Waals surface area contributed by atoms with Gasteiger partial charge < -0.3 is 10.6 Å². The zero-order valence-electron chi connectivity index (χ0n) is 10.0. The summed E-state index contributed by atoms with van der Waals surface area (Å²) in [5.74, 6) is 0.689. The summed E-state index contributed by atoms with van der Waals surface area (Å²) in [6.45, 7) is 2.42. The Hall–Kier alpha value is -1.42. The maximum absolute atomic E-state index is 12.2. The van der Waals surface area contributed by atoms with Gasteiger partial charge in [-0.3, -0.25) is 9.78 Å². The number of piperidine rings is 1. The van der Waals surface area contributed by atoms with Crippen molar-refractivity contribution >= 4 is 5.91 Å². The second-order valence-corrected chi connectivity index (χ2v) is 4.57. The standard InChI is InChI=1S/C13H19N3O/c14-6-3-11-2-1-9-16(10-11)13(17)12-4-7-15-8-5-12/h4-5,7-8,11H,1-3,6,9-10,14H2. The normalized spacial score (nSPS) is 20.3. The highest BCUT2D eigenvalue weighted by molar-refractivity contribution is 5.94. The molecule has 2 N–H and O–H groups in total. The monoisotopic (exact) mass is 233 g/mol. The summed E-state index contributed by atoms with van der Waals surface area (Å²) in [7, 11) is 0. The second kappa shape index (κ2) is 5.77. The predicted molar refractivity (Wildman–Crippen MR) is 66.5 cm³/mol. The summed E-state index contributed by atoms with van der Waals surface area (Å²) in [6.07, 6.45) is 6.61. The number of aromatic nitrogens is 1. The molecule has 1 atom stereocenters. The van der Waals surface area contributed by atoms with Gasteiger partial charge >= 0.3 is 0 Å². The number of nitrogens with zero attached hydrogens (tertiary/aromatic N) is 2. The average Bonchev–Trinajstić information content (AvgIpc) is 2.40. The fourth-order valence-corrected chi connectivity index (χ4v) is 2.40. The third-order valence-corrected chi connectivity index (χ3v) is 3.31. The zero-order chi connectivity index (χ0) is 12.1. The second-order valence-electron chi connectivity index (χ2n) is 4.57. The summed E-state index contributed by atoms with van der Waals surface area (Å²) >= 11 is 0. The van der Waals surface area contributed by atoms with Crippen molar-refractivity contribution in [2.75, 3.05) is 19.6 Å². The molecule has 0 radical (unpaired) electrons. The summed E-state index contributed by atoms with van der Waals surface area (Å²) in [5, 5.41) is 0. The Morgan fingerprint density at radius 1 is 1.47 bits per heavy atom. The van der Waals surface area contributed by atoms with Gasteiger partial charge in [0, 0.05) is 31.0 Å². The number of carbonyl (C=O) groups excluding carboxylic acids is 1. The molecule has 0 aliphatic carbocycles. The van der Waals surface area contributed by atoms with Crippen molar-refractivity contribution in [3.05, 3.63) is 30.1 Å². The number of nitrogens with two attached hydrogens (primary N) is 1. The van der Waals surface area contributed by atoms with Gasteiger partial charge in [0.1, 0.15) is 0 Å². The van der Waals surface area contributed by atoms with Gasteiger partial charge in [-0.15, -0.1) is 0 Å². The minimum absolute atomic E-state index is 0.120. The maximum Gasteiger partial charge on any atom is 0.253 e. The Balaban J connectivity index is 2.00. The van der Waals surface area contributed by atoms with Crippen LogP contribution in [-0.4, -0.2) is 35.4 Å². The van der Waals surface area contributed by atoms with Crippen molar-refractivity contribution in [3.8, 4) is 0 Å². The molecule has 4 nitrogen and oxygen atoms in total. The lowest BCUT2D eigenvalue weighted by molar-refractivity contribution is 0.0669. The van der Waals surface area contributed by atoms with Crippen molar-refractivity contribution in [1.82, 2.24) is 9.88 Å². The van der Waals surface area contributed by atoms with Crippen molar-refractivity contribution in [1.29, 1.82) is 0 Å². The van der Waals surface area contributed by atoms with E-state index in [0.29, 0.717) is 12.5 Å². The van der Waals surface area contributed by atoms with E-state index in [1.165, 1.54) is 6.42 Å². The molecule has 4 heteroatoms. The first-order valence-corrected chi connectivity index (χ1v) is 6.20. The number of amides is 1. The van der Waals surface area contributed by atoms with E-state index in [-0.39, 0.29) is 5.91 Å². The molecule has 17 heavy (non-hydrogen) atoms. The van der Waals surface area contributed by atoms with E-state index >= 15 is 0 Å². The highest BCUT2D eigenvalue weighted by atomic mass is 16.2. The first kappa shape index (κ1) is 12.0. The van der Waals surface area contributed by atoms with Crippen LogP contribution in [0.25, 0.3) is 0 Å². The van der Waals surface area contributed by atoms with Crippen molar-refractivity contribution in [2.24, 2.45) is 11.7 Å².